The lowest BCUT2D eigenvalue weighted by Gasteiger charge is -2.09. The molecule has 0 saturated heterocycles. The van der Waals surface area contributed by atoms with Gasteiger partial charge in [0.15, 0.2) is 11.5 Å². The van der Waals surface area contributed by atoms with Crippen LogP contribution in [0.5, 0.6) is 17.2 Å². The van der Waals surface area contributed by atoms with Gasteiger partial charge >= 0.3 is 6.03 Å². The van der Waals surface area contributed by atoms with E-state index in [0.29, 0.717) is 0 Å². The highest BCUT2D eigenvalue weighted by Crippen LogP contribution is 2.39. The molecule has 9 nitrogen and oxygen atoms in total. The quantitative estimate of drug-likeness (QED) is 0.167. The maximum atomic E-state index is 11.2. The van der Waals surface area contributed by atoms with E-state index in [0.717, 1.165) is 12.1 Å². The standard InChI is InChI=1S/C9H11N3O6/c13-5-2-1-4(7(15)8(5)16)11-9(17)10-3-6(14)12-18/h1-2,13,15-16,18H,3H2,(H,12,14)(H2,10,11,17). The van der Waals surface area contributed by atoms with Crippen LogP contribution in [0.3, 0.4) is 0 Å². The van der Waals surface area contributed by atoms with Crippen LogP contribution in [-0.2, 0) is 4.79 Å². The monoisotopic (exact) mass is 257 g/mol. The van der Waals surface area contributed by atoms with E-state index in [-0.39, 0.29) is 5.69 Å². The Bertz CT molecular complexity index is 476. The van der Waals surface area contributed by atoms with Crippen molar-refractivity contribution in [3.63, 3.8) is 0 Å². The Kier molecular flexibility index (Phi) is 4.16. The predicted molar refractivity (Wildman–Crippen MR) is 58.4 cm³/mol. The summed E-state index contributed by atoms with van der Waals surface area (Å²) < 4.78 is 0. The highest BCUT2D eigenvalue weighted by Gasteiger charge is 2.13. The number of hydroxylamine groups is 1. The van der Waals surface area contributed by atoms with Gasteiger partial charge in [0.25, 0.3) is 5.91 Å². The Hall–Kier alpha value is -2.68. The van der Waals surface area contributed by atoms with Crippen molar-refractivity contribution in [1.29, 1.82) is 0 Å². The smallest absolute Gasteiger partial charge is 0.319 e. The third-order valence-electron chi connectivity index (χ3n) is 1.91. The highest BCUT2D eigenvalue weighted by atomic mass is 16.5. The summed E-state index contributed by atoms with van der Waals surface area (Å²) in [4.78, 5) is 21.9. The van der Waals surface area contributed by atoms with Crippen LogP contribution < -0.4 is 16.1 Å². The lowest BCUT2D eigenvalue weighted by molar-refractivity contribution is -0.128. The first-order valence-electron chi connectivity index (χ1n) is 4.67. The molecule has 1 rings (SSSR count). The molecular weight excluding hydrogens is 246 g/mol. The summed E-state index contributed by atoms with van der Waals surface area (Å²) in [5, 5.41) is 40.0. The lowest BCUT2D eigenvalue weighted by Crippen LogP contribution is -2.37. The van der Waals surface area contributed by atoms with E-state index in [1.54, 1.807) is 0 Å². The van der Waals surface area contributed by atoms with Gasteiger partial charge in [-0.2, -0.15) is 0 Å². The zero-order valence-electron chi connectivity index (χ0n) is 8.97. The molecule has 0 aromatic heterocycles. The minimum Gasteiger partial charge on any atom is -0.504 e. The van der Waals surface area contributed by atoms with E-state index in [2.05, 4.69) is 10.6 Å². The second-order valence-corrected chi connectivity index (χ2v) is 3.17. The number of rotatable bonds is 3. The Morgan fingerprint density at radius 1 is 1.11 bits per heavy atom. The third-order valence-corrected chi connectivity index (χ3v) is 1.91. The maximum absolute atomic E-state index is 11.2. The van der Waals surface area contributed by atoms with Gasteiger partial charge < -0.3 is 26.0 Å². The van der Waals surface area contributed by atoms with Crippen LogP contribution in [0.15, 0.2) is 12.1 Å². The molecule has 0 heterocycles. The number of aromatic hydroxyl groups is 3. The number of nitrogens with one attached hydrogen (secondary N) is 3. The van der Waals surface area contributed by atoms with Gasteiger partial charge in [0.2, 0.25) is 5.75 Å². The van der Waals surface area contributed by atoms with Crippen LogP contribution in [-0.4, -0.2) is 39.0 Å². The van der Waals surface area contributed by atoms with Crippen molar-refractivity contribution >= 4 is 17.6 Å². The molecule has 98 valence electrons. The summed E-state index contributed by atoms with van der Waals surface area (Å²) in [7, 11) is 0. The summed E-state index contributed by atoms with van der Waals surface area (Å²) >= 11 is 0. The van der Waals surface area contributed by atoms with Gasteiger partial charge in [-0.3, -0.25) is 10.0 Å². The Balaban J connectivity index is 2.65. The zero-order chi connectivity index (χ0) is 13.7. The molecule has 0 aliphatic carbocycles. The fourth-order valence-electron chi connectivity index (χ4n) is 1.04. The number of amides is 3. The molecule has 0 radical (unpaired) electrons. The number of benzene rings is 1. The summed E-state index contributed by atoms with van der Waals surface area (Å²) in [5.74, 6) is -2.86. The van der Waals surface area contributed by atoms with E-state index in [1.807, 2.05) is 0 Å². The largest absolute Gasteiger partial charge is 0.504 e. The van der Waals surface area contributed by atoms with Gasteiger partial charge in [-0.1, -0.05) is 0 Å². The molecule has 0 bridgehead atoms. The zero-order valence-corrected chi connectivity index (χ0v) is 8.97. The first kappa shape index (κ1) is 13.4. The van der Waals surface area contributed by atoms with E-state index < -0.39 is 35.7 Å². The van der Waals surface area contributed by atoms with Crippen molar-refractivity contribution in [2.24, 2.45) is 0 Å². The third kappa shape index (κ3) is 3.15. The predicted octanol–water partition coefficient (Wildman–Crippen LogP) is -0.570. The van der Waals surface area contributed by atoms with Gasteiger partial charge in [-0.05, 0) is 12.1 Å². The Morgan fingerprint density at radius 3 is 2.39 bits per heavy atom. The summed E-state index contributed by atoms with van der Waals surface area (Å²) in [6.07, 6.45) is 0. The van der Waals surface area contributed by atoms with Gasteiger partial charge in [0.05, 0.1) is 5.69 Å². The normalized spacial score (nSPS) is 9.61. The van der Waals surface area contributed by atoms with Crippen molar-refractivity contribution in [1.82, 2.24) is 10.8 Å². The molecule has 0 saturated carbocycles. The van der Waals surface area contributed by atoms with Gasteiger partial charge in [0, 0.05) is 0 Å². The van der Waals surface area contributed by atoms with Crippen molar-refractivity contribution in [3.05, 3.63) is 12.1 Å². The van der Waals surface area contributed by atoms with Crippen LogP contribution in [0.4, 0.5) is 10.5 Å². The Morgan fingerprint density at radius 2 is 1.78 bits per heavy atom. The number of carbonyl (C=O) groups is 2. The van der Waals surface area contributed by atoms with E-state index >= 15 is 0 Å². The summed E-state index contributed by atoms with van der Waals surface area (Å²) in [6.45, 7) is -0.479. The molecule has 1 aromatic rings. The number of urea groups is 1. The van der Waals surface area contributed by atoms with E-state index in [1.165, 1.54) is 5.48 Å². The molecule has 7 N–H and O–H groups in total. The second-order valence-electron chi connectivity index (χ2n) is 3.17. The summed E-state index contributed by atoms with van der Waals surface area (Å²) in [5.41, 5.74) is 1.15. The van der Waals surface area contributed by atoms with Gasteiger partial charge in [-0.15, -0.1) is 0 Å². The number of phenolic OH excluding ortho intramolecular Hbond substituents is 3. The molecule has 0 spiro atoms. The summed E-state index contributed by atoms with van der Waals surface area (Å²) in [6, 6.07) is 1.36. The van der Waals surface area contributed by atoms with Crippen LogP contribution in [0.1, 0.15) is 0 Å². The fourth-order valence-corrected chi connectivity index (χ4v) is 1.04. The number of phenols is 3. The first-order valence-corrected chi connectivity index (χ1v) is 4.67. The molecule has 0 atom stereocenters. The number of anilines is 1. The SMILES string of the molecule is O=C(CNC(=O)Nc1ccc(O)c(O)c1O)NO. The highest BCUT2D eigenvalue weighted by molar-refractivity contribution is 5.94. The van der Waals surface area contributed by atoms with Crippen LogP contribution in [0, 0.1) is 0 Å². The molecule has 18 heavy (non-hydrogen) atoms. The molecule has 9 heteroatoms. The molecule has 1 aromatic carbocycles. The van der Waals surface area contributed by atoms with Crippen LogP contribution in [0.2, 0.25) is 0 Å². The molecular formula is C9H11N3O6. The number of carbonyl (C=O) groups excluding carboxylic acids is 2. The van der Waals surface area contributed by atoms with E-state index in [4.69, 9.17) is 10.3 Å². The average molecular weight is 257 g/mol. The fraction of sp³-hybridized carbons (Fsp3) is 0.111. The minimum absolute atomic E-state index is 0.160. The van der Waals surface area contributed by atoms with Crippen molar-refractivity contribution in [2.75, 3.05) is 11.9 Å². The van der Waals surface area contributed by atoms with Crippen molar-refractivity contribution < 1.29 is 30.1 Å². The lowest BCUT2D eigenvalue weighted by atomic mass is 10.2. The minimum atomic E-state index is -0.848. The van der Waals surface area contributed by atoms with Crippen molar-refractivity contribution in [3.8, 4) is 17.2 Å². The average Bonchev–Trinajstić information content (AvgIpc) is 2.36. The molecule has 0 fully saturated rings. The Labute approximate surface area is 101 Å². The second kappa shape index (κ2) is 5.59. The van der Waals surface area contributed by atoms with Crippen molar-refractivity contribution in [2.45, 2.75) is 0 Å². The van der Waals surface area contributed by atoms with Crippen LogP contribution in [0.25, 0.3) is 0 Å². The van der Waals surface area contributed by atoms with Gasteiger partial charge in [-0.25, -0.2) is 10.3 Å². The first-order chi connectivity index (χ1) is 8.45. The molecule has 0 aliphatic rings. The molecule has 0 aliphatic heterocycles. The molecule has 0 unspecified atom stereocenters. The number of hydrogen-bond donors (Lipinski definition) is 7. The molecule has 3 amide bonds. The van der Waals surface area contributed by atoms with Gasteiger partial charge in [0.1, 0.15) is 6.54 Å². The maximum Gasteiger partial charge on any atom is 0.319 e. The number of hydrogen-bond acceptors (Lipinski definition) is 6. The van der Waals surface area contributed by atoms with Crippen LogP contribution >= 0.6 is 0 Å². The topological polar surface area (TPSA) is 151 Å². The van der Waals surface area contributed by atoms with E-state index in [9.17, 15) is 19.8 Å².